The zero-order valence-electron chi connectivity index (χ0n) is 15.8. The first-order valence-electron chi connectivity index (χ1n) is 9.39. The van der Waals surface area contributed by atoms with E-state index >= 15 is 0 Å². The normalized spacial score (nSPS) is 12.8. The number of anilines is 1. The van der Waals surface area contributed by atoms with Crippen LogP contribution in [0.2, 0.25) is 0 Å². The molecule has 2 aromatic rings. The molecule has 1 amide bonds. The lowest BCUT2D eigenvalue weighted by molar-refractivity contribution is -0.118. The standard InChI is InChI=1S/C22H25NO4/c1-3-26-22(25)17-12-11-15(2)19(13-17)23-21(24)14-27-20-10-6-8-16-7-4-5-9-18(16)20/h6,8,10-13H,3-5,7,9,14H2,1-2H3,(H,23,24). The van der Waals surface area contributed by atoms with Gasteiger partial charge in [-0.05, 0) is 74.4 Å². The third-order valence-corrected chi connectivity index (χ3v) is 4.73. The summed E-state index contributed by atoms with van der Waals surface area (Å²) < 4.78 is 10.8. The van der Waals surface area contributed by atoms with E-state index in [1.807, 2.05) is 19.1 Å². The van der Waals surface area contributed by atoms with Gasteiger partial charge in [0.05, 0.1) is 12.2 Å². The van der Waals surface area contributed by atoms with Crippen LogP contribution in [0, 0.1) is 6.92 Å². The average Bonchev–Trinajstić information content (AvgIpc) is 2.68. The van der Waals surface area contributed by atoms with Gasteiger partial charge in [-0.1, -0.05) is 18.2 Å². The fraction of sp³-hybridized carbons (Fsp3) is 0.364. The largest absolute Gasteiger partial charge is 0.483 e. The van der Waals surface area contributed by atoms with E-state index < -0.39 is 5.97 Å². The molecule has 5 heteroatoms. The Bertz CT molecular complexity index is 844. The Hall–Kier alpha value is -2.82. The molecule has 3 rings (SSSR count). The zero-order valence-corrected chi connectivity index (χ0v) is 15.8. The van der Waals surface area contributed by atoms with Crippen LogP contribution in [-0.4, -0.2) is 25.1 Å². The number of hydrogen-bond donors (Lipinski definition) is 1. The van der Waals surface area contributed by atoms with Crippen LogP contribution in [0.3, 0.4) is 0 Å². The van der Waals surface area contributed by atoms with E-state index in [-0.39, 0.29) is 12.5 Å². The maximum absolute atomic E-state index is 12.4. The number of carbonyl (C=O) groups is 2. The van der Waals surface area contributed by atoms with Crippen molar-refractivity contribution in [2.45, 2.75) is 39.5 Å². The molecule has 0 spiro atoms. The van der Waals surface area contributed by atoms with Crippen molar-refractivity contribution in [1.29, 1.82) is 0 Å². The van der Waals surface area contributed by atoms with Crippen molar-refractivity contribution in [1.82, 2.24) is 0 Å². The van der Waals surface area contributed by atoms with Gasteiger partial charge < -0.3 is 14.8 Å². The molecule has 0 heterocycles. The molecule has 1 N–H and O–H groups in total. The fourth-order valence-corrected chi connectivity index (χ4v) is 3.31. The predicted octanol–water partition coefficient (Wildman–Crippen LogP) is 4.07. The van der Waals surface area contributed by atoms with E-state index in [9.17, 15) is 9.59 Å². The van der Waals surface area contributed by atoms with Gasteiger partial charge in [0.15, 0.2) is 6.61 Å². The van der Waals surface area contributed by atoms with Gasteiger partial charge in [0.2, 0.25) is 0 Å². The third kappa shape index (κ3) is 4.67. The smallest absolute Gasteiger partial charge is 0.338 e. The first kappa shape index (κ1) is 19.0. The summed E-state index contributed by atoms with van der Waals surface area (Å²) in [4.78, 5) is 24.2. The minimum absolute atomic E-state index is 0.0699. The van der Waals surface area contributed by atoms with Gasteiger partial charge in [-0.25, -0.2) is 4.79 Å². The molecular formula is C22H25NO4. The highest BCUT2D eigenvalue weighted by atomic mass is 16.5. The molecule has 0 saturated carbocycles. The molecule has 1 aliphatic rings. The van der Waals surface area contributed by atoms with Crippen LogP contribution in [0.4, 0.5) is 5.69 Å². The molecule has 5 nitrogen and oxygen atoms in total. The fourth-order valence-electron chi connectivity index (χ4n) is 3.31. The number of carbonyl (C=O) groups excluding carboxylic acids is 2. The van der Waals surface area contributed by atoms with E-state index in [2.05, 4.69) is 11.4 Å². The molecular weight excluding hydrogens is 342 g/mol. The molecule has 0 aromatic heterocycles. The van der Waals surface area contributed by atoms with Gasteiger partial charge in [-0.2, -0.15) is 0 Å². The lowest BCUT2D eigenvalue weighted by atomic mass is 9.91. The second kappa shape index (κ2) is 8.71. The first-order valence-corrected chi connectivity index (χ1v) is 9.39. The quantitative estimate of drug-likeness (QED) is 0.782. The second-order valence-electron chi connectivity index (χ2n) is 6.69. The van der Waals surface area contributed by atoms with E-state index in [0.717, 1.165) is 30.6 Å². The van der Waals surface area contributed by atoms with Gasteiger partial charge in [0, 0.05) is 5.69 Å². The molecule has 27 heavy (non-hydrogen) atoms. The topological polar surface area (TPSA) is 64.6 Å². The summed E-state index contributed by atoms with van der Waals surface area (Å²) in [6.45, 7) is 3.87. The van der Waals surface area contributed by atoms with Crippen LogP contribution in [0.5, 0.6) is 5.75 Å². The summed E-state index contributed by atoms with van der Waals surface area (Å²) in [6.07, 6.45) is 4.42. The SMILES string of the molecule is CCOC(=O)c1ccc(C)c(NC(=O)COc2cccc3c2CCCC3)c1. The number of fused-ring (bicyclic) bond motifs is 1. The number of ether oxygens (including phenoxy) is 2. The predicted molar refractivity (Wildman–Crippen MR) is 104 cm³/mol. The molecule has 0 bridgehead atoms. The van der Waals surface area contributed by atoms with Gasteiger partial charge in [-0.15, -0.1) is 0 Å². The van der Waals surface area contributed by atoms with E-state index in [1.54, 1.807) is 25.1 Å². The molecule has 0 fully saturated rings. The van der Waals surface area contributed by atoms with Crippen LogP contribution in [0.1, 0.15) is 46.8 Å². The molecule has 2 aromatic carbocycles. The van der Waals surface area contributed by atoms with Crippen LogP contribution < -0.4 is 10.1 Å². The van der Waals surface area contributed by atoms with Crippen LogP contribution in [0.25, 0.3) is 0 Å². The Balaban J connectivity index is 1.65. The van der Waals surface area contributed by atoms with Crippen LogP contribution in [0.15, 0.2) is 36.4 Å². The molecule has 0 unspecified atom stereocenters. The highest BCUT2D eigenvalue weighted by Gasteiger charge is 2.15. The molecule has 0 atom stereocenters. The van der Waals surface area contributed by atoms with Gasteiger partial charge in [0.1, 0.15) is 5.75 Å². The maximum Gasteiger partial charge on any atom is 0.338 e. The van der Waals surface area contributed by atoms with Crippen molar-refractivity contribution in [2.24, 2.45) is 0 Å². The Labute approximate surface area is 159 Å². The molecule has 0 radical (unpaired) electrons. The summed E-state index contributed by atoms with van der Waals surface area (Å²) in [5.74, 6) is 0.132. The van der Waals surface area contributed by atoms with E-state index in [4.69, 9.17) is 9.47 Å². The van der Waals surface area contributed by atoms with Crippen molar-refractivity contribution in [2.75, 3.05) is 18.5 Å². The molecule has 0 aliphatic heterocycles. The number of rotatable bonds is 6. The number of benzene rings is 2. The maximum atomic E-state index is 12.4. The Morgan fingerprint density at radius 3 is 2.74 bits per heavy atom. The summed E-state index contributed by atoms with van der Waals surface area (Å²) in [7, 11) is 0. The number of amides is 1. The highest BCUT2D eigenvalue weighted by Crippen LogP contribution is 2.29. The summed E-state index contributed by atoms with van der Waals surface area (Å²) >= 11 is 0. The third-order valence-electron chi connectivity index (χ3n) is 4.73. The Morgan fingerprint density at radius 2 is 1.93 bits per heavy atom. The first-order chi connectivity index (χ1) is 13.1. The average molecular weight is 367 g/mol. The van der Waals surface area contributed by atoms with Crippen molar-refractivity contribution >= 4 is 17.6 Å². The zero-order chi connectivity index (χ0) is 19.2. The van der Waals surface area contributed by atoms with Gasteiger partial charge in [-0.3, -0.25) is 4.79 Å². The summed E-state index contributed by atoms with van der Waals surface area (Å²) in [5.41, 5.74) is 4.41. The van der Waals surface area contributed by atoms with Gasteiger partial charge in [0.25, 0.3) is 5.91 Å². The van der Waals surface area contributed by atoms with Crippen molar-refractivity contribution in [3.8, 4) is 5.75 Å². The lowest BCUT2D eigenvalue weighted by Crippen LogP contribution is -2.21. The van der Waals surface area contributed by atoms with Crippen molar-refractivity contribution < 1.29 is 19.1 Å². The van der Waals surface area contributed by atoms with Crippen LogP contribution >= 0.6 is 0 Å². The van der Waals surface area contributed by atoms with Crippen LogP contribution in [-0.2, 0) is 22.4 Å². The lowest BCUT2D eigenvalue weighted by Gasteiger charge is -2.19. The van der Waals surface area contributed by atoms with Crippen molar-refractivity contribution in [3.05, 3.63) is 58.7 Å². The second-order valence-corrected chi connectivity index (χ2v) is 6.69. The monoisotopic (exact) mass is 367 g/mol. The molecule has 142 valence electrons. The summed E-state index contributed by atoms with van der Waals surface area (Å²) in [5, 5.41) is 2.83. The highest BCUT2D eigenvalue weighted by molar-refractivity contribution is 5.96. The number of aryl methyl sites for hydroxylation is 2. The van der Waals surface area contributed by atoms with E-state index in [0.29, 0.717) is 17.9 Å². The Kier molecular flexibility index (Phi) is 6.12. The number of hydrogen-bond acceptors (Lipinski definition) is 4. The summed E-state index contributed by atoms with van der Waals surface area (Å²) in [6, 6.07) is 11.1. The minimum Gasteiger partial charge on any atom is -0.483 e. The number of esters is 1. The number of nitrogens with one attached hydrogen (secondary N) is 1. The minimum atomic E-state index is -0.403. The Morgan fingerprint density at radius 1 is 1.11 bits per heavy atom. The molecule has 1 aliphatic carbocycles. The van der Waals surface area contributed by atoms with Gasteiger partial charge >= 0.3 is 5.97 Å². The molecule has 0 saturated heterocycles. The van der Waals surface area contributed by atoms with Crippen molar-refractivity contribution in [3.63, 3.8) is 0 Å². The van der Waals surface area contributed by atoms with E-state index in [1.165, 1.54) is 17.5 Å².